The van der Waals surface area contributed by atoms with Crippen LogP contribution in [0.5, 0.6) is 0 Å². The summed E-state index contributed by atoms with van der Waals surface area (Å²) in [6, 6.07) is 8.54. The summed E-state index contributed by atoms with van der Waals surface area (Å²) in [6.45, 7) is 11.0. The lowest BCUT2D eigenvalue weighted by atomic mass is 10.1. The molecule has 4 heteroatoms. The molecule has 20 heavy (non-hydrogen) atoms. The highest BCUT2D eigenvalue weighted by Gasteiger charge is 2.21. The third-order valence-electron chi connectivity index (χ3n) is 4.01. The Kier molecular flexibility index (Phi) is 5.83. The molecule has 0 spiro atoms. The predicted molar refractivity (Wildman–Crippen MR) is 84.1 cm³/mol. The van der Waals surface area contributed by atoms with Gasteiger partial charge in [-0.25, -0.2) is 0 Å². The maximum Gasteiger partial charge on any atom is 0.0877 e. The molecule has 0 aromatic heterocycles. The Morgan fingerprint density at radius 1 is 1.30 bits per heavy atom. The van der Waals surface area contributed by atoms with E-state index in [0.29, 0.717) is 12.6 Å². The fourth-order valence-electron chi connectivity index (χ4n) is 2.68. The molecule has 1 aromatic rings. The van der Waals surface area contributed by atoms with Crippen molar-refractivity contribution in [2.45, 2.75) is 26.5 Å². The maximum absolute atomic E-state index is 5.91. The SMILES string of the molecule is CCN1CCOC(CN(CC)c2ccc(CN)cc2)C1. The second kappa shape index (κ2) is 7.62. The summed E-state index contributed by atoms with van der Waals surface area (Å²) in [5.74, 6) is 0. The van der Waals surface area contributed by atoms with Gasteiger partial charge in [-0.05, 0) is 31.2 Å². The molecule has 1 aromatic carbocycles. The van der Waals surface area contributed by atoms with Crippen LogP contribution in [-0.4, -0.2) is 50.3 Å². The van der Waals surface area contributed by atoms with Crippen molar-refractivity contribution < 1.29 is 4.74 Å². The van der Waals surface area contributed by atoms with Crippen molar-refractivity contribution in [1.82, 2.24) is 4.90 Å². The van der Waals surface area contributed by atoms with Crippen LogP contribution in [0.3, 0.4) is 0 Å². The number of benzene rings is 1. The van der Waals surface area contributed by atoms with Crippen molar-refractivity contribution in [3.8, 4) is 0 Å². The van der Waals surface area contributed by atoms with Crippen LogP contribution in [0, 0.1) is 0 Å². The summed E-state index contributed by atoms with van der Waals surface area (Å²) in [7, 11) is 0. The number of rotatable bonds is 6. The van der Waals surface area contributed by atoms with Crippen molar-refractivity contribution in [1.29, 1.82) is 0 Å². The normalized spacial score (nSPS) is 20.1. The lowest BCUT2D eigenvalue weighted by Crippen LogP contribution is -2.47. The largest absolute Gasteiger partial charge is 0.374 e. The molecular weight excluding hydrogens is 250 g/mol. The van der Waals surface area contributed by atoms with Crippen molar-refractivity contribution >= 4 is 5.69 Å². The van der Waals surface area contributed by atoms with Gasteiger partial charge in [0.25, 0.3) is 0 Å². The van der Waals surface area contributed by atoms with Gasteiger partial charge < -0.3 is 15.4 Å². The Labute approximate surface area is 122 Å². The molecule has 1 saturated heterocycles. The van der Waals surface area contributed by atoms with Crippen molar-refractivity contribution in [2.75, 3.05) is 44.2 Å². The molecule has 1 fully saturated rings. The van der Waals surface area contributed by atoms with E-state index in [9.17, 15) is 0 Å². The Bertz CT molecular complexity index is 393. The zero-order valence-corrected chi connectivity index (χ0v) is 12.7. The summed E-state index contributed by atoms with van der Waals surface area (Å²) in [6.07, 6.45) is 0.304. The van der Waals surface area contributed by atoms with Crippen LogP contribution in [0.25, 0.3) is 0 Å². The van der Waals surface area contributed by atoms with Crippen LogP contribution in [0.1, 0.15) is 19.4 Å². The first kappa shape index (κ1) is 15.3. The van der Waals surface area contributed by atoms with E-state index < -0.39 is 0 Å². The smallest absolute Gasteiger partial charge is 0.0877 e. The van der Waals surface area contributed by atoms with Crippen molar-refractivity contribution in [3.63, 3.8) is 0 Å². The van der Waals surface area contributed by atoms with Gasteiger partial charge in [0, 0.05) is 38.4 Å². The van der Waals surface area contributed by atoms with E-state index in [-0.39, 0.29) is 0 Å². The summed E-state index contributed by atoms with van der Waals surface area (Å²) in [4.78, 5) is 4.84. The molecule has 1 atom stereocenters. The van der Waals surface area contributed by atoms with E-state index >= 15 is 0 Å². The number of likely N-dealkylation sites (N-methyl/N-ethyl adjacent to an activating group) is 2. The number of nitrogens with zero attached hydrogens (tertiary/aromatic N) is 2. The van der Waals surface area contributed by atoms with Crippen molar-refractivity contribution in [3.05, 3.63) is 29.8 Å². The average molecular weight is 277 g/mol. The van der Waals surface area contributed by atoms with Crippen LogP contribution in [0.4, 0.5) is 5.69 Å². The molecule has 4 nitrogen and oxygen atoms in total. The van der Waals surface area contributed by atoms with Gasteiger partial charge in [0.1, 0.15) is 0 Å². The van der Waals surface area contributed by atoms with E-state index in [1.54, 1.807) is 0 Å². The summed E-state index contributed by atoms with van der Waals surface area (Å²) in [5, 5.41) is 0. The minimum Gasteiger partial charge on any atom is -0.374 e. The van der Waals surface area contributed by atoms with E-state index in [1.165, 1.54) is 11.3 Å². The van der Waals surface area contributed by atoms with E-state index in [0.717, 1.165) is 39.3 Å². The Balaban J connectivity index is 1.97. The first-order valence-electron chi connectivity index (χ1n) is 7.64. The number of morpholine rings is 1. The molecule has 0 aliphatic carbocycles. The molecule has 0 radical (unpaired) electrons. The second-order valence-corrected chi connectivity index (χ2v) is 5.30. The Hall–Kier alpha value is -1.10. The topological polar surface area (TPSA) is 41.7 Å². The molecule has 112 valence electrons. The summed E-state index contributed by atoms with van der Waals surface area (Å²) >= 11 is 0. The molecule has 1 aliphatic heterocycles. The highest BCUT2D eigenvalue weighted by Crippen LogP contribution is 2.17. The predicted octanol–water partition coefficient (Wildman–Crippen LogP) is 1.69. The van der Waals surface area contributed by atoms with Gasteiger partial charge in [-0.2, -0.15) is 0 Å². The quantitative estimate of drug-likeness (QED) is 0.859. The first-order chi connectivity index (χ1) is 9.76. The van der Waals surface area contributed by atoms with Crippen molar-refractivity contribution in [2.24, 2.45) is 5.73 Å². The number of hydrogen-bond donors (Lipinski definition) is 1. The standard InChI is InChI=1S/C16H27N3O/c1-3-18-9-10-20-16(12-18)13-19(4-2)15-7-5-14(11-17)6-8-15/h5-8,16H,3-4,9-13,17H2,1-2H3. The first-order valence-corrected chi connectivity index (χ1v) is 7.64. The Morgan fingerprint density at radius 3 is 2.65 bits per heavy atom. The van der Waals surface area contributed by atoms with Crippen LogP contribution >= 0.6 is 0 Å². The third-order valence-corrected chi connectivity index (χ3v) is 4.01. The van der Waals surface area contributed by atoms with Gasteiger partial charge in [-0.15, -0.1) is 0 Å². The molecular formula is C16H27N3O. The molecule has 0 amide bonds. The molecule has 1 unspecified atom stereocenters. The average Bonchev–Trinajstić information content (AvgIpc) is 2.53. The molecule has 0 bridgehead atoms. The minimum absolute atomic E-state index is 0.304. The van der Waals surface area contributed by atoms with Gasteiger partial charge in [0.05, 0.1) is 12.7 Å². The fraction of sp³-hybridized carbons (Fsp3) is 0.625. The number of anilines is 1. The Morgan fingerprint density at radius 2 is 2.05 bits per heavy atom. The monoisotopic (exact) mass is 277 g/mol. The van der Waals surface area contributed by atoms with E-state index in [2.05, 4.69) is 47.9 Å². The lowest BCUT2D eigenvalue weighted by molar-refractivity contribution is -0.0220. The van der Waals surface area contributed by atoms with E-state index in [1.807, 2.05) is 0 Å². The van der Waals surface area contributed by atoms with Crippen LogP contribution < -0.4 is 10.6 Å². The fourth-order valence-corrected chi connectivity index (χ4v) is 2.68. The highest BCUT2D eigenvalue weighted by molar-refractivity contribution is 5.47. The van der Waals surface area contributed by atoms with Crippen LogP contribution in [0.15, 0.2) is 24.3 Å². The molecule has 2 N–H and O–H groups in total. The third kappa shape index (κ3) is 3.95. The van der Waals surface area contributed by atoms with Crippen LogP contribution in [0.2, 0.25) is 0 Å². The highest BCUT2D eigenvalue weighted by atomic mass is 16.5. The summed E-state index contributed by atoms with van der Waals surface area (Å²) in [5.41, 5.74) is 8.08. The zero-order valence-electron chi connectivity index (χ0n) is 12.7. The van der Waals surface area contributed by atoms with Crippen LogP contribution in [-0.2, 0) is 11.3 Å². The minimum atomic E-state index is 0.304. The molecule has 1 aliphatic rings. The number of nitrogens with two attached hydrogens (primary N) is 1. The second-order valence-electron chi connectivity index (χ2n) is 5.30. The zero-order chi connectivity index (χ0) is 14.4. The summed E-state index contributed by atoms with van der Waals surface area (Å²) < 4.78 is 5.91. The van der Waals surface area contributed by atoms with Gasteiger partial charge >= 0.3 is 0 Å². The number of ether oxygens (including phenoxy) is 1. The van der Waals surface area contributed by atoms with Gasteiger partial charge in [0.15, 0.2) is 0 Å². The van der Waals surface area contributed by atoms with E-state index in [4.69, 9.17) is 10.5 Å². The molecule has 1 heterocycles. The van der Waals surface area contributed by atoms with Gasteiger partial charge in [-0.1, -0.05) is 19.1 Å². The molecule has 0 saturated carbocycles. The molecule has 2 rings (SSSR count). The maximum atomic E-state index is 5.91. The number of hydrogen-bond acceptors (Lipinski definition) is 4. The lowest BCUT2D eigenvalue weighted by Gasteiger charge is -2.35. The van der Waals surface area contributed by atoms with Gasteiger partial charge in [0.2, 0.25) is 0 Å². The van der Waals surface area contributed by atoms with Gasteiger partial charge in [-0.3, -0.25) is 4.90 Å².